The van der Waals surface area contributed by atoms with Crippen molar-refractivity contribution in [3.63, 3.8) is 0 Å². The van der Waals surface area contributed by atoms with E-state index in [1.54, 1.807) is 13.2 Å². The number of rotatable bonds is 6. The van der Waals surface area contributed by atoms with Crippen molar-refractivity contribution in [1.82, 2.24) is 4.90 Å². The molecule has 1 unspecified atom stereocenters. The number of Topliss-reactive ketones (excluding diaryl/α,β-unsaturated/α-hetero) is 1. The second-order valence-corrected chi connectivity index (χ2v) is 6.81. The molecule has 138 valence electrons. The molecular formula is C20H23NO5. The van der Waals surface area contributed by atoms with Gasteiger partial charge in [-0.3, -0.25) is 9.69 Å². The Kier molecular flexibility index (Phi) is 4.95. The molecule has 1 aromatic carbocycles. The van der Waals surface area contributed by atoms with Crippen LogP contribution in [0.3, 0.4) is 0 Å². The molecule has 6 nitrogen and oxygen atoms in total. The molecule has 1 fully saturated rings. The van der Waals surface area contributed by atoms with Crippen LogP contribution in [-0.4, -0.2) is 37.7 Å². The van der Waals surface area contributed by atoms with Gasteiger partial charge in [0.1, 0.15) is 18.1 Å². The number of nitrogens with zero attached hydrogens (tertiary/aromatic N) is 1. The molecule has 0 amide bonds. The molecule has 3 heterocycles. The molecule has 1 aromatic heterocycles. The molecule has 26 heavy (non-hydrogen) atoms. The Labute approximate surface area is 152 Å². The summed E-state index contributed by atoms with van der Waals surface area (Å²) < 4.78 is 21.6. The monoisotopic (exact) mass is 357 g/mol. The van der Waals surface area contributed by atoms with E-state index in [0.717, 1.165) is 37.5 Å². The molecule has 2 aromatic rings. The quantitative estimate of drug-likeness (QED) is 0.740. The van der Waals surface area contributed by atoms with Crippen LogP contribution in [0.5, 0.6) is 11.5 Å². The van der Waals surface area contributed by atoms with Crippen molar-refractivity contribution >= 4 is 5.78 Å². The van der Waals surface area contributed by atoms with Gasteiger partial charge < -0.3 is 18.6 Å². The smallest absolute Gasteiger partial charge is 0.231 e. The SMILES string of the molecule is COCc1ccc(CN2CCCC(C(=O)c3ccc4c(c3)OCO4)C2)o1. The van der Waals surface area contributed by atoms with Crippen LogP contribution in [0.2, 0.25) is 0 Å². The highest BCUT2D eigenvalue weighted by molar-refractivity contribution is 5.98. The second kappa shape index (κ2) is 7.51. The zero-order chi connectivity index (χ0) is 17.9. The fraction of sp³-hybridized carbons (Fsp3) is 0.450. The standard InChI is InChI=1S/C20H23NO5/c1-23-12-17-6-5-16(26-17)11-21-8-2-3-15(10-21)20(22)14-4-7-18-19(9-14)25-13-24-18/h4-7,9,15H,2-3,8,10-13H2,1H3. The van der Waals surface area contributed by atoms with Gasteiger partial charge in [0.25, 0.3) is 0 Å². The van der Waals surface area contributed by atoms with Crippen molar-refractivity contribution in [1.29, 1.82) is 0 Å². The van der Waals surface area contributed by atoms with Crippen LogP contribution in [0, 0.1) is 5.92 Å². The number of benzene rings is 1. The van der Waals surface area contributed by atoms with Crippen LogP contribution < -0.4 is 9.47 Å². The van der Waals surface area contributed by atoms with Gasteiger partial charge in [-0.05, 0) is 49.7 Å². The van der Waals surface area contributed by atoms with Crippen LogP contribution in [0.25, 0.3) is 0 Å². The van der Waals surface area contributed by atoms with Crippen LogP contribution in [-0.2, 0) is 17.9 Å². The molecular weight excluding hydrogens is 334 g/mol. The van der Waals surface area contributed by atoms with Gasteiger partial charge in [0.2, 0.25) is 6.79 Å². The second-order valence-electron chi connectivity index (χ2n) is 6.81. The molecule has 0 spiro atoms. The van der Waals surface area contributed by atoms with Gasteiger partial charge in [0, 0.05) is 25.1 Å². The van der Waals surface area contributed by atoms with E-state index in [1.807, 2.05) is 24.3 Å². The number of ether oxygens (including phenoxy) is 3. The van der Waals surface area contributed by atoms with Crippen molar-refractivity contribution in [2.45, 2.75) is 26.0 Å². The number of hydrogen-bond donors (Lipinski definition) is 0. The first-order chi connectivity index (χ1) is 12.7. The van der Waals surface area contributed by atoms with Crippen LogP contribution in [0.15, 0.2) is 34.7 Å². The summed E-state index contributed by atoms with van der Waals surface area (Å²) in [7, 11) is 1.65. The van der Waals surface area contributed by atoms with Crippen molar-refractivity contribution in [3.8, 4) is 11.5 Å². The maximum absolute atomic E-state index is 12.9. The number of furan rings is 1. The number of fused-ring (bicyclic) bond motifs is 1. The highest BCUT2D eigenvalue weighted by Gasteiger charge is 2.28. The highest BCUT2D eigenvalue weighted by Crippen LogP contribution is 2.34. The Morgan fingerprint density at radius 3 is 2.92 bits per heavy atom. The summed E-state index contributed by atoms with van der Waals surface area (Å²) in [6.45, 7) is 3.14. The number of piperidine rings is 1. The maximum Gasteiger partial charge on any atom is 0.231 e. The zero-order valence-electron chi connectivity index (χ0n) is 14.9. The fourth-order valence-electron chi connectivity index (χ4n) is 3.65. The van der Waals surface area contributed by atoms with Crippen molar-refractivity contribution in [2.75, 3.05) is 27.0 Å². The van der Waals surface area contributed by atoms with Gasteiger partial charge in [-0.1, -0.05) is 0 Å². The molecule has 4 rings (SSSR count). The number of carbonyl (C=O) groups excluding carboxylic acids is 1. The Morgan fingerprint density at radius 1 is 1.19 bits per heavy atom. The van der Waals surface area contributed by atoms with Gasteiger partial charge in [0.15, 0.2) is 17.3 Å². The van der Waals surface area contributed by atoms with Crippen molar-refractivity contribution in [3.05, 3.63) is 47.4 Å². The van der Waals surface area contributed by atoms with Gasteiger partial charge in [-0.15, -0.1) is 0 Å². The molecule has 0 saturated carbocycles. The van der Waals surface area contributed by atoms with Gasteiger partial charge >= 0.3 is 0 Å². The Balaban J connectivity index is 1.40. The number of methoxy groups -OCH3 is 1. The summed E-state index contributed by atoms with van der Waals surface area (Å²) in [6.07, 6.45) is 1.92. The van der Waals surface area contributed by atoms with Gasteiger partial charge in [-0.25, -0.2) is 0 Å². The maximum atomic E-state index is 12.9. The van der Waals surface area contributed by atoms with Gasteiger partial charge in [0.05, 0.1) is 6.54 Å². The molecule has 1 atom stereocenters. The van der Waals surface area contributed by atoms with E-state index in [0.29, 0.717) is 30.2 Å². The lowest BCUT2D eigenvalue weighted by Crippen LogP contribution is -2.38. The minimum Gasteiger partial charge on any atom is -0.462 e. The topological polar surface area (TPSA) is 61.1 Å². The first-order valence-corrected chi connectivity index (χ1v) is 8.95. The summed E-state index contributed by atoms with van der Waals surface area (Å²) in [4.78, 5) is 15.2. The minimum absolute atomic E-state index is 0.00229. The Hall–Kier alpha value is -2.31. The average Bonchev–Trinajstić information content (AvgIpc) is 3.30. The number of likely N-dealkylation sites (tertiary alicyclic amines) is 1. The molecule has 0 radical (unpaired) electrons. The van der Waals surface area contributed by atoms with E-state index in [9.17, 15) is 4.79 Å². The summed E-state index contributed by atoms with van der Waals surface area (Å²) in [6, 6.07) is 9.37. The molecule has 0 aliphatic carbocycles. The predicted octanol–water partition coefficient (Wildman–Crippen LogP) is 3.25. The highest BCUT2D eigenvalue weighted by atomic mass is 16.7. The van der Waals surface area contributed by atoms with Crippen molar-refractivity contribution in [2.24, 2.45) is 5.92 Å². The minimum atomic E-state index is -0.00229. The van der Waals surface area contributed by atoms with Crippen molar-refractivity contribution < 1.29 is 23.4 Å². The normalized spacial score (nSPS) is 19.7. The Morgan fingerprint density at radius 2 is 2.04 bits per heavy atom. The first kappa shape index (κ1) is 17.1. The van der Waals surface area contributed by atoms with E-state index in [2.05, 4.69) is 4.90 Å². The molecule has 1 saturated heterocycles. The van der Waals surface area contributed by atoms with E-state index in [1.165, 1.54) is 0 Å². The van der Waals surface area contributed by atoms with Crippen LogP contribution in [0.1, 0.15) is 34.7 Å². The third kappa shape index (κ3) is 3.61. The van der Waals surface area contributed by atoms with Gasteiger partial charge in [-0.2, -0.15) is 0 Å². The lowest BCUT2D eigenvalue weighted by Gasteiger charge is -2.31. The van der Waals surface area contributed by atoms with E-state index in [4.69, 9.17) is 18.6 Å². The number of ketones is 1. The Bertz CT molecular complexity index is 784. The fourth-order valence-corrected chi connectivity index (χ4v) is 3.65. The molecule has 6 heteroatoms. The number of hydrogen-bond acceptors (Lipinski definition) is 6. The van der Waals surface area contributed by atoms with Crippen LogP contribution in [0.4, 0.5) is 0 Å². The summed E-state index contributed by atoms with van der Waals surface area (Å²) in [5.74, 6) is 3.27. The summed E-state index contributed by atoms with van der Waals surface area (Å²) in [5.41, 5.74) is 0.696. The largest absolute Gasteiger partial charge is 0.462 e. The van der Waals surface area contributed by atoms with Crippen LogP contribution >= 0.6 is 0 Å². The summed E-state index contributed by atoms with van der Waals surface area (Å²) >= 11 is 0. The summed E-state index contributed by atoms with van der Waals surface area (Å²) in [5, 5.41) is 0. The number of carbonyl (C=O) groups is 1. The third-order valence-electron chi connectivity index (χ3n) is 4.92. The lowest BCUT2D eigenvalue weighted by atomic mass is 9.90. The van der Waals surface area contributed by atoms with E-state index < -0.39 is 0 Å². The molecule has 2 aliphatic rings. The predicted molar refractivity (Wildman–Crippen MR) is 94.3 cm³/mol. The average molecular weight is 357 g/mol. The third-order valence-corrected chi connectivity index (χ3v) is 4.92. The lowest BCUT2D eigenvalue weighted by molar-refractivity contribution is 0.0799. The molecule has 2 aliphatic heterocycles. The van der Waals surface area contributed by atoms with E-state index in [-0.39, 0.29) is 18.5 Å². The first-order valence-electron chi connectivity index (χ1n) is 8.95. The molecule has 0 bridgehead atoms. The molecule has 0 N–H and O–H groups in total. The zero-order valence-corrected chi connectivity index (χ0v) is 14.9. The van der Waals surface area contributed by atoms with E-state index >= 15 is 0 Å².